The van der Waals surface area contributed by atoms with Gasteiger partial charge in [0.05, 0.1) is 5.69 Å². The number of imidazole rings is 1. The first-order valence-corrected chi connectivity index (χ1v) is 7.40. The van der Waals surface area contributed by atoms with E-state index in [9.17, 15) is 0 Å². The first-order chi connectivity index (χ1) is 9.28. The van der Waals surface area contributed by atoms with Crippen LogP contribution in [-0.2, 0) is 25.8 Å². The van der Waals surface area contributed by atoms with Crippen LogP contribution in [0.3, 0.4) is 0 Å². The predicted molar refractivity (Wildman–Crippen MR) is 78.5 cm³/mol. The standard InChI is InChI=1S/C17H22N2/c1-3-14-8-10-15(11-9-14)12-19-13(2)18-16-6-4-5-7-17(16)19/h8-11H,3-7,12H2,1-2H3. The summed E-state index contributed by atoms with van der Waals surface area (Å²) in [4.78, 5) is 4.74. The van der Waals surface area contributed by atoms with Gasteiger partial charge < -0.3 is 4.57 Å². The summed E-state index contributed by atoms with van der Waals surface area (Å²) in [6.07, 6.45) is 6.09. The summed E-state index contributed by atoms with van der Waals surface area (Å²) in [5.41, 5.74) is 5.61. The lowest BCUT2D eigenvalue weighted by Crippen LogP contribution is -2.10. The Balaban J connectivity index is 1.88. The molecular formula is C17H22N2. The Morgan fingerprint density at radius 1 is 1.05 bits per heavy atom. The molecule has 0 spiro atoms. The molecule has 19 heavy (non-hydrogen) atoms. The largest absolute Gasteiger partial charge is 0.328 e. The van der Waals surface area contributed by atoms with Gasteiger partial charge in [0.15, 0.2) is 0 Å². The third-order valence-corrected chi connectivity index (χ3v) is 4.20. The average Bonchev–Trinajstić information content (AvgIpc) is 2.76. The second-order valence-electron chi connectivity index (χ2n) is 5.52. The zero-order chi connectivity index (χ0) is 13.2. The van der Waals surface area contributed by atoms with Crippen molar-refractivity contribution in [3.8, 4) is 0 Å². The number of hydrogen-bond donors (Lipinski definition) is 0. The van der Waals surface area contributed by atoms with Gasteiger partial charge in [0.25, 0.3) is 0 Å². The van der Waals surface area contributed by atoms with E-state index in [1.165, 1.54) is 47.6 Å². The zero-order valence-corrected chi connectivity index (χ0v) is 11.9. The zero-order valence-electron chi connectivity index (χ0n) is 11.9. The van der Waals surface area contributed by atoms with E-state index in [1.54, 1.807) is 0 Å². The molecule has 1 heterocycles. The Bertz CT molecular complexity index is 564. The Morgan fingerprint density at radius 3 is 2.47 bits per heavy atom. The minimum Gasteiger partial charge on any atom is -0.328 e. The fourth-order valence-corrected chi connectivity index (χ4v) is 3.01. The number of aryl methyl sites for hydroxylation is 3. The minimum atomic E-state index is 0.970. The first kappa shape index (κ1) is 12.5. The summed E-state index contributed by atoms with van der Waals surface area (Å²) in [6.45, 7) is 5.31. The lowest BCUT2D eigenvalue weighted by atomic mass is 10.0. The van der Waals surface area contributed by atoms with E-state index in [0.29, 0.717) is 0 Å². The van der Waals surface area contributed by atoms with Gasteiger partial charge >= 0.3 is 0 Å². The van der Waals surface area contributed by atoms with Gasteiger partial charge in [-0.2, -0.15) is 0 Å². The van der Waals surface area contributed by atoms with Crippen molar-refractivity contribution in [1.82, 2.24) is 9.55 Å². The topological polar surface area (TPSA) is 17.8 Å². The van der Waals surface area contributed by atoms with Crippen LogP contribution in [0.25, 0.3) is 0 Å². The van der Waals surface area contributed by atoms with Gasteiger partial charge in [-0.05, 0) is 50.2 Å². The SMILES string of the molecule is CCc1ccc(Cn2c(C)nc3c2CCCC3)cc1. The van der Waals surface area contributed by atoms with Crippen LogP contribution in [-0.4, -0.2) is 9.55 Å². The molecule has 0 atom stereocenters. The molecule has 0 radical (unpaired) electrons. The van der Waals surface area contributed by atoms with E-state index in [0.717, 1.165) is 19.4 Å². The third-order valence-electron chi connectivity index (χ3n) is 4.20. The Hall–Kier alpha value is -1.57. The summed E-state index contributed by atoms with van der Waals surface area (Å²) in [6, 6.07) is 9.00. The summed E-state index contributed by atoms with van der Waals surface area (Å²) in [5, 5.41) is 0. The van der Waals surface area contributed by atoms with Gasteiger partial charge in [-0.25, -0.2) is 4.98 Å². The fraction of sp³-hybridized carbons (Fsp3) is 0.471. The highest BCUT2D eigenvalue weighted by Gasteiger charge is 2.17. The summed E-state index contributed by atoms with van der Waals surface area (Å²) < 4.78 is 2.41. The van der Waals surface area contributed by atoms with Crippen molar-refractivity contribution in [1.29, 1.82) is 0 Å². The summed E-state index contributed by atoms with van der Waals surface area (Å²) >= 11 is 0. The molecule has 0 unspecified atom stereocenters. The van der Waals surface area contributed by atoms with Crippen LogP contribution >= 0.6 is 0 Å². The molecule has 0 bridgehead atoms. The van der Waals surface area contributed by atoms with Crippen molar-refractivity contribution >= 4 is 0 Å². The van der Waals surface area contributed by atoms with Crippen molar-refractivity contribution in [2.75, 3.05) is 0 Å². The van der Waals surface area contributed by atoms with E-state index in [-0.39, 0.29) is 0 Å². The molecule has 2 nitrogen and oxygen atoms in total. The highest BCUT2D eigenvalue weighted by molar-refractivity contribution is 5.26. The van der Waals surface area contributed by atoms with E-state index >= 15 is 0 Å². The molecule has 2 heteroatoms. The molecule has 2 aromatic rings. The highest BCUT2D eigenvalue weighted by atomic mass is 15.1. The van der Waals surface area contributed by atoms with Crippen LogP contribution < -0.4 is 0 Å². The number of aromatic nitrogens is 2. The van der Waals surface area contributed by atoms with Gasteiger partial charge in [-0.1, -0.05) is 31.2 Å². The highest BCUT2D eigenvalue weighted by Crippen LogP contribution is 2.23. The molecule has 0 N–H and O–H groups in total. The van der Waals surface area contributed by atoms with Crippen LogP contribution in [0.1, 0.15) is 48.1 Å². The van der Waals surface area contributed by atoms with Crippen molar-refractivity contribution in [2.45, 2.75) is 52.5 Å². The predicted octanol–water partition coefficient (Wildman–Crippen LogP) is 3.68. The fourth-order valence-electron chi connectivity index (χ4n) is 3.01. The number of nitrogens with zero attached hydrogens (tertiary/aromatic N) is 2. The first-order valence-electron chi connectivity index (χ1n) is 7.40. The molecule has 0 saturated carbocycles. The molecule has 100 valence electrons. The molecule has 1 aliphatic rings. The molecule has 0 saturated heterocycles. The molecule has 3 rings (SSSR count). The van der Waals surface area contributed by atoms with E-state index in [2.05, 4.69) is 42.7 Å². The average molecular weight is 254 g/mol. The van der Waals surface area contributed by atoms with Crippen LogP contribution in [0.15, 0.2) is 24.3 Å². The quantitative estimate of drug-likeness (QED) is 0.817. The summed E-state index contributed by atoms with van der Waals surface area (Å²) in [7, 11) is 0. The molecule has 0 aliphatic heterocycles. The van der Waals surface area contributed by atoms with Crippen LogP contribution in [0, 0.1) is 6.92 Å². The van der Waals surface area contributed by atoms with Gasteiger partial charge in [0.2, 0.25) is 0 Å². The number of benzene rings is 1. The Morgan fingerprint density at radius 2 is 1.74 bits per heavy atom. The number of fused-ring (bicyclic) bond motifs is 1. The van der Waals surface area contributed by atoms with Crippen molar-refractivity contribution in [2.24, 2.45) is 0 Å². The molecule has 0 amide bonds. The third kappa shape index (κ3) is 2.44. The van der Waals surface area contributed by atoms with Gasteiger partial charge in [-0.15, -0.1) is 0 Å². The van der Waals surface area contributed by atoms with Gasteiger partial charge in [0.1, 0.15) is 5.82 Å². The lowest BCUT2D eigenvalue weighted by Gasteiger charge is -2.15. The van der Waals surface area contributed by atoms with Crippen LogP contribution in [0.2, 0.25) is 0 Å². The van der Waals surface area contributed by atoms with Crippen LogP contribution in [0.5, 0.6) is 0 Å². The molecule has 1 aliphatic carbocycles. The van der Waals surface area contributed by atoms with E-state index < -0.39 is 0 Å². The normalized spacial score (nSPS) is 14.4. The molecular weight excluding hydrogens is 232 g/mol. The van der Waals surface area contributed by atoms with Gasteiger partial charge in [-0.3, -0.25) is 0 Å². The maximum atomic E-state index is 4.74. The number of hydrogen-bond acceptors (Lipinski definition) is 1. The second-order valence-corrected chi connectivity index (χ2v) is 5.52. The molecule has 1 aromatic carbocycles. The summed E-state index contributed by atoms with van der Waals surface area (Å²) in [5.74, 6) is 1.17. The Labute approximate surface area is 115 Å². The van der Waals surface area contributed by atoms with Crippen molar-refractivity contribution in [3.05, 3.63) is 52.6 Å². The monoisotopic (exact) mass is 254 g/mol. The maximum Gasteiger partial charge on any atom is 0.106 e. The van der Waals surface area contributed by atoms with E-state index in [4.69, 9.17) is 4.98 Å². The number of rotatable bonds is 3. The van der Waals surface area contributed by atoms with E-state index in [1.807, 2.05) is 0 Å². The van der Waals surface area contributed by atoms with Crippen molar-refractivity contribution < 1.29 is 0 Å². The molecule has 1 aromatic heterocycles. The van der Waals surface area contributed by atoms with Crippen LogP contribution in [0.4, 0.5) is 0 Å². The lowest BCUT2D eigenvalue weighted by molar-refractivity contribution is 0.624. The van der Waals surface area contributed by atoms with Gasteiger partial charge in [0, 0.05) is 12.2 Å². The second kappa shape index (κ2) is 5.20. The smallest absolute Gasteiger partial charge is 0.106 e. The maximum absolute atomic E-state index is 4.74. The minimum absolute atomic E-state index is 0.970. The Kier molecular flexibility index (Phi) is 3.41. The van der Waals surface area contributed by atoms with Crippen molar-refractivity contribution in [3.63, 3.8) is 0 Å². The molecule has 0 fully saturated rings.